The molecule has 0 bridgehead atoms. The van der Waals surface area contributed by atoms with Crippen molar-refractivity contribution in [3.63, 3.8) is 0 Å². The van der Waals surface area contributed by atoms with Crippen molar-refractivity contribution in [1.82, 2.24) is 4.98 Å². The maximum absolute atomic E-state index is 11.2. The average Bonchev–Trinajstić information content (AvgIpc) is 2.80. The fraction of sp³-hybridized carbons (Fsp3) is 0.457. The van der Waals surface area contributed by atoms with Crippen molar-refractivity contribution >= 4 is 23.9 Å². The number of hydrogen-bond acceptors (Lipinski definition) is 5. The van der Waals surface area contributed by atoms with Crippen LogP contribution in [-0.4, -0.2) is 27.6 Å². The minimum absolute atomic E-state index is 0.0877. The monoisotopic (exact) mass is 541 g/mol. The average molecular weight is 542 g/mol. The van der Waals surface area contributed by atoms with E-state index in [0.717, 1.165) is 22.3 Å². The lowest BCUT2D eigenvalue weighted by atomic mass is 9.79. The second-order valence-corrected chi connectivity index (χ2v) is 14.8. The second-order valence-electron chi connectivity index (χ2n) is 14.8. The molecule has 3 aromatic rings. The van der Waals surface area contributed by atoms with Crippen LogP contribution in [0.5, 0.6) is 11.5 Å². The number of hydrogen-bond donors (Lipinski definition) is 2. The van der Waals surface area contributed by atoms with Gasteiger partial charge >= 0.3 is 0 Å². The highest BCUT2D eigenvalue weighted by atomic mass is 16.3. The van der Waals surface area contributed by atoms with E-state index in [4.69, 9.17) is 4.99 Å². The van der Waals surface area contributed by atoms with Gasteiger partial charge in [0.2, 0.25) is 0 Å². The quantitative estimate of drug-likeness (QED) is 0.323. The summed E-state index contributed by atoms with van der Waals surface area (Å²) in [5.74, 6) is 0.889. The van der Waals surface area contributed by atoms with E-state index in [1.165, 1.54) is 0 Å². The van der Waals surface area contributed by atoms with Crippen molar-refractivity contribution in [3.8, 4) is 11.5 Å². The number of benzene rings is 2. The van der Waals surface area contributed by atoms with E-state index in [1.807, 2.05) is 24.3 Å². The lowest BCUT2D eigenvalue weighted by Gasteiger charge is -2.27. The van der Waals surface area contributed by atoms with Crippen molar-refractivity contribution in [2.45, 2.75) is 105 Å². The predicted octanol–water partition coefficient (Wildman–Crippen LogP) is 9.18. The third-order valence-electron chi connectivity index (χ3n) is 7.06. The molecule has 1 aromatic heterocycles. The first-order chi connectivity index (χ1) is 18.2. The van der Waals surface area contributed by atoms with Gasteiger partial charge in [-0.3, -0.25) is 4.99 Å². The number of aromatic nitrogens is 1. The summed E-state index contributed by atoms with van der Waals surface area (Å²) in [7, 11) is 0. The van der Waals surface area contributed by atoms with Gasteiger partial charge < -0.3 is 10.2 Å². The number of phenols is 2. The Morgan fingerprint density at radius 1 is 0.600 bits per heavy atom. The molecule has 0 spiro atoms. The highest BCUT2D eigenvalue weighted by Crippen LogP contribution is 2.39. The van der Waals surface area contributed by atoms with Gasteiger partial charge in [0.1, 0.15) is 17.2 Å². The van der Waals surface area contributed by atoms with Gasteiger partial charge in [0, 0.05) is 40.9 Å². The molecule has 0 fully saturated rings. The summed E-state index contributed by atoms with van der Waals surface area (Å²) in [4.78, 5) is 13.8. The van der Waals surface area contributed by atoms with Crippen molar-refractivity contribution in [3.05, 3.63) is 76.0 Å². The van der Waals surface area contributed by atoms with E-state index in [-0.39, 0.29) is 33.2 Å². The minimum Gasteiger partial charge on any atom is -0.507 e. The van der Waals surface area contributed by atoms with E-state index < -0.39 is 0 Å². The molecular formula is C35H47N3O2. The van der Waals surface area contributed by atoms with Crippen LogP contribution in [0, 0.1) is 0 Å². The highest BCUT2D eigenvalue weighted by Gasteiger charge is 2.26. The van der Waals surface area contributed by atoms with Gasteiger partial charge in [0.05, 0.1) is 0 Å². The zero-order chi connectivity index (χ0) is 30.3. The minimum atomic E-state index is -0.232. The molecule has 1 heterocycles. The molecule has 0 unspecified atom stereocenters. The molecule has 0 saturated heterocycles. The lowest BCUT2D eigenvalue weighted by molar-refractivity contribution is 0.443. The summed E-state index contributed by atoms with van der Waals surface area (Å²) < 4.78 is 0. The standard InChI is InChI=1S/C35H47N3O2/c1-32(2,3)24-16-22(29(39)26(18-24)34(7,8)9)20-37-28-14-13-15-36-31(28)38-21-23-17-25(33(4,5)6)19-27(30(23)40)35(10,11)12/h13-21,39-40H,1-12H3/b37-20?,38-21+. The summed E-state index contributed by atoms with van der Waals surface area (Å²) in [5, 5.41) is 22.3. The maximum Gasteiger partial charge on any atom is 0.178 e. The van der Waals surface area contributed by atoms with E-state index in [9.17, 15) is 10.2 Å². The van der Waals surface area contributed by atoms with Gasteiger partial charge in [-0.1, -0.05) is 95.2 Å². The molecule has 3 rings (SSSR count). The van der Waals surface area contributed by atoms with Gasteiger partial charge in [-0.15, -0.1) is 0 Å². The third kappa shape index (κ3) is 7.18. The SMILES string of the molecule is CC(C)(C)c1cc(C=Nc2cccnc2/N=C/c2cc(C(C)(C)C)cc(C(C)(C)C)c2O)c(O)c(C(C)(C)C)c1. The summed E-state index contributed by atoms with van der Waals surface area (Å²) in [5.41, 5.74) is 5.24. The van der Waals surface area contributed by atoms with Gasteiger partial charge in [0.15, 0.2) is 5.82 Å². The Labute approximate surface area is 241 Å². The third-order valence-corrected chi connectivity index (χ3v) is 7.06. The fourth-order valence-corrected chi connectivity index (χ4v) is 4.38. The molecular weight excluding hydrogens is 494 g/mol. The second kappa shape index (κ2) is 10.8. The molecule has 5 heteroatoms. The van der Waals surface area contributed by atoms with E-state index in [0.29, 0.717) is 22.6 Å². The van der Waals surface area contributed by atoms with Crippen molar-refractivity contribution < 1.29 is 10.2 Å². The number of aromatic hydroxyl groups is 2. The van der Waals surface area contributed by atoms with Crippen LogP contribution in [0.3, 0.4) is 0 Å². The molecule has 0 aliphatic rings. The Morgan fingerprint density at radius 2 is 1.02 bits per heavy atom. The molecule has 5 nitrogen and oxygen atoms in total. The molecule has 0 amide bonds. The molecule has 0 saturated carbocycles. The maximum atomic E-state index is 11.2. The number of aliphatic imine (C=N–C) groups is 2. The van der Waals surface area contributed by atoms with E-state index in [2.05, 4.69) is 105 Å². The van der Waals surface area contributed by atoms with Gasteiger partial charge in [0.25, 0.3) is 0 Å². The Bertz CT molecular complexity index is 1330. The topological polar surface area (TPSA) is 78.1 Å². The summed E-state index contributed by atoms with van der Waals surface area (Å²) >= 11 is 0. The summed E-state index contributed by atoms with van der Waals surface area (Å²) in [6.45, 7) is 25.5. The molecule has 2 N–H and O–H groups in total. The Hall–Kier alpha value is -3.47. The lowest BCUT2D eigenvalue weighted by Crippen LogP contribution is -2.17. The zero-order valence-corrected chi connectivity index (χ0v) is 26.4. The van der Waals surface area contributed by atoms with Crippen molar-refractivity contribution in [2.24, 2.45) is 9.98 Å². The number of phenolic OH excluding ortho intramolecular Hbond substituents is 2. The Kier molecular flexibility index (Phi) is 8.41. The molecule has 40 heavy (non-hydrogen) atoms. The van der Waals surface area contributed by atoms with Crippen molar-refractivity contribution in [1.29, 1.82) is 0 Å². The normalized spacial score (nSPS) is 13.5. The van der Waals surface area contributed by atoms with E-state index >= 15 is 0 Å². The zero-order valence-electron chi connectivity index (χ0n) is 26.4. The van der Waals surface area contributed by atoms with E-state index in [1.54, 1.807) is 18.6 Å². The summed E-state index contributed by atoms with van der Waals surface area (Å²) in [6.07, 6.45) is 5.02. The number of nitrogens with zero attached hydrogens (tertiary/aromatic N) is 3. The fourth-order valence-electron chi connectivity index (χ4n) is 4.38. The molecule has 0 radical (unpaired) electrons. The van der Waals surface area contributed by atoms with Crippen LogP contribution in [0.15, 0.2) is 52.6 Å². The van der Waals surface area contributed by atoms with Gasteiger partial charge in [-0.25, -0.2) is 9.98 Å². The Morgan fingerprint density at radius 3 is 1.43 bits per heavy atom. The van der Waals surface area contributed by atoms with Crippen LogP contribution in [0.1, 0.15) is 116 Å². The molecule has 2 aromatic carbocycles. The molecule has 0 aliphatic heterocycles. The van der Waals surface area contributed by atoms with Crippen molar-refractivity contribution in [2.75, 3.05) is 0 Å². The Balaban J connectivity index is 2.10. The first-order valence-corrected chi connectivity index (χ1v) is 14.0. The van der Waals surface area contributed by atoms with Crippen LogP contribution in [-0.2, 0) is 21.7 Å². The van der Waals surface area contributed by atoms with Crippen LogP contribution >= 0.6 is 0 Å². The predicted molar refractivity (Wildman–Crippen MR) is 170 cm³/mol. The number of rotatable bonds is 4. The van der Waals surface area contributed by atoms with Crippen LogP contribution in [0.25, 0.3) is 0 Å². The number of pyridine rings is 1. The largest absolute Gasteiger partial charge is 0.507 e. The van der Waals surface area contributed by atoms with Gasteiger partial charge in [-0.2, -0.15) is 0 Å². The molecule has 214 valence electrons. The summed E-state index contributed by atoms with van der Waals surface area (Å²) in [6, 6.07) is 11.8. The van der Waals surface area contributed by atoms with Crippen LogP contribution in [0.4, 0.5) is 11.5 Å². The molecule has 0 aliphatic carbocycles. The van der Waals surface area contributed by atoms with Crippen LogP contribution < -0.4 is 0 Å². The molecule has 0 atom stereocenters. The smallest absolute Gasteiger partial charge is 0.178 e. The first kappa shape index (κ1) is 31.1. The first-order valence-electron chi connectivity index (χ1n) is 14.0. The van der Waals surface area contributed by atoms with Crippen LogP contribution in [0.2, 0.25) is 0 Å². The highest BCUT2D eigenvalue weighted by molar-refractivity contribution is 5.90. The van der Waals surface area contributed by atoms with Gasteiger partial charge in [-0.05, 0) is 57.1 Å².